The van der Waals surface area contributed by atoms with Gasteiger partial charge in [-0.15, -0.1) is 0 Å². The molecule has 102 valence electrons. The van der Waals surface area contributed by atoms with Gasteiger partial charge < -0.3 is 5.73 Å². The lowest BCUT2D eigenvalue weighted by molar-refractivity contribution is 0.318. The lowest BCUT2D eigenvalue weighted by Gasteiger charge is -2.31. The van der Waals surface area contributed by atoms with Crippen molar-refractivity contribution in [1.82, 2.24) is 0 Å². The molecule has 0 radical (unpaired) electrons. The molecule has 3 unspecified atom stereocenters. The monoisotopic (exact) mass is 283 g/mol. The lowest BCUT2D eigenvalue weighted by Crippen LogP contribution is -2.41. The topological polar surface area (TPSA) is 94.3 Å². The largest absolute Gasteiger partial charge is 0.327 e. The Bertz CT molecular complexity index is 455. The minimum Gasteiger partial charge on any atom is -0.327 e. The van der Waals surface area contributed by atoms with Gasteiger partial charge in [0.1, 0.15) is 19.7 Å². The summed E-state index contributed by atoms with van der Waals surface area (Å²) in [6, 6.07) is -0.449. The van der Waals surface area contributed by atoms with E-state index in [2.05, 4.69) is 0 Å². The van der Waals surface area contributed by atoms with Crippen LogP contribution in [-0.4, -0.2) is 46.4 Å². The Morgan fingerprint density at radius 2 is 1.76 bits per heavy atom. The molecule has 2 N–H and O–H groups in total. The Kier molecular flexibility index (Phi) is 4.60. The summed E-state index contributed by atoms with van der Waals surface area (Å²) in [5.41, 5.74) is 5.87. The Hall–Kier alpha value is -0.140. The van der Waals surface area contributed by atoms with E-state index < -0.39 is 25.7 Å². The molecule has 3 atom stereocenters. The van der Waals surface area contributed by atoms with Gasteiger partial charge in [0.2, 0.25) is 0 Å². The fourth-order valence-corrected chi connectivity index (χ4v) is 4.61. The number of rotatable bonds is 4. The van der Waals surface area contributed by atoms with E-state index in [0.29, 0.717) is 12.8 Å². The van der Waals surface area contributed by atoms with Gasteiger partial charge in [-0.05, 0) is 25.2 Å². The Morgan fingerprint density at radius 3 is 2.24 bits per heavy atom. The second-order valence-corrected chi connectivity index (χ2v) is 9.65. The molecule has 0 aliphatic heterocycles. The number of hydrogen-bond donors (Lipinski definition) is 1. The summed E-state index contributed by atoms with van der Waals surface area (Å²) in [5.74, 6) is -0.0630. The Morgan fingerprint density at radius 1 is 1.18 bits per heavy atom. The average Bonchev–Trinajstić information content (AvgIpc) is 2.14. The first kappa shape index (κ1) is 14.9. The maximum atomic E-state index is 11.5. The quantitative estimate of drug-likeness (QED) is 0.781. The van der Waals surface area contributed by atoms with Crippen LogP contribution in [0.4, 0.5) is 0 Å². The maximum Gasteiger partial charge on any atom is 0.150 e. The van der Waals surface area contributed by atoms with Crippen molar-refractivity contribution < 1.29 is 16.8 Å². The molecular weight excluding hydrogens is 262 g/mol. The number of hydrogen-bond acceptors (Lipinski definition) is 5. The first-order chi connectivity index (χ1) is 7.59. The van der Waals surface area contributed by atoms with Gasteiger partial charge in [-0.25, -0.2) is 16.8 Å². The highest BCUT2D eigenvalue weighted by molar-refractivity contribution is 7.91. The van der Waals surface area contributed by atoms with E-state index in [-0.39, 0.29) is 16.9 Å². The maximum absolute atomic E-state index is 11.5. The highest BCUT2D eigenvalue weighted by atomic mass is 32.2. The first-order valence-corrected chi connectivity index (χ1v) is 9.73. The average molecular weight is 283 g/mol. The van der Waals surface area contributed by atoms with Gasteiger partial charge in [-0.3, -0.25) is 0 Å². The molecule has 0 aromatic rings. The van der Waals surface area contributed by atoms with E-state index in [1.54, 1.807) is 0 Å². The molecule has 0 heterocycles. The van der Waals surface area contributed by atoms with Crippen molar-refractivity contribution >= 4 is 19.7 Å². The standard InChI is InChI=1S/C10H21NO4S2/c1-16(12,13)7-10(11)8-4-3-5-9(6-8)17(2,14)15/h8-10H,3-7,11H2,1-2H3. The zero-order valence-electron chi connectivity index (χ0n) is 10.3. The van der Waals surface area contributed by atoms with Crippen LogP contribution in [0.25, 0.3) is 0 Å². The smallest absolute Gasteiger partial charge is 0.150 e. The van der Waals surface area contributed by atoms with E-state index in [4.69, 9.17) is 5.73 Å². The summed E-state index contributed by atoms with van der Waals surface area (Å²) in [4.78, 5) is 0. The van der Waals surface area contributed by atoms with E-state index in [9.17, 15) is 16.8 Å². The molecule has 1 aliphatic carbocycles. The van der Waals surface area contributed by atoms with Crippen molar-refractivity contribution in [2.45, 2.75) is 37.0 Å². The van der Waals surface area contributed by atoms with Gasteiger partial charge in [0.15, 0.2) is 0 Å². The van der Waals surface area contributed by atoms with Crippen LogP contribution >= 0.6 is 0 Å². The van der Waals surface area contributed by atoms with Crippen molar-refractivity contribution in [3.63, 3.8) is 0 Å². The van der Waals surface area contributed by atoms with Crippen LogP contribution in [0.15, 0.2) is 0 Å². The normalized spacial score (nSPS) is 28.9. The highest BCUT2D eigenvalue weighted by Gasteiger charge is 2.32. The van der Waals surface area contributed by atoms with E-state index in [0.717, 1.165) is 19.1 Å². The summed E-state index contributed by atoms with van der Waals surface area (Å²) >= 11 is 0. The van der Waals surface area contributed by atoms with Gasteiger partial charge in [0, 0.05) is 18.6 Å². The number of nitrogens with two attached hydrogens (primary N) is 1. The van der Waals surface area contributed by atoms with Gasteiger partial charge >= 0.3 is 0 Å². The molecule has 0 spiro atoms. The van der Waals surface area contributed by atoms with Crippen molar-refractivity contribution in [3.05, 3.63) is 0 Å². The van der Waals surface area contributed by atoms with Gasteiger partial charge in [0.05, 0.1) is 11.0 Å². The summed E-state index contributed by atoms with van der Waals surface area (Å²) < 4.78 is 45.3. The molecule has 1 saturated carbocycles. The molecule has 0 aromatic heterocycles. The first-order valence-electron chi connectivity index (χ1n) is 5.72. The third-order valence-electron chi connectivity index (χ3n) is 3.37. The molecule has 17 heavy (non-hydrogen) atoms. The summed E-state index contributed by atoms with van der Waals surface area (Å²) in [5, 5.41) is -0.355. The predicted molar refractivity (Wildman–Crippen MR) is 68.3 cm³/mol. The van der Waals surface area contributed by atoms with E-state index >= 15 is 0 Å². The van der Waals surface area contributed by atoms with E-state index in [1.807, 2.05) is 0 Å². The molecule has 0 amide bonds. The molecule has 7 heteroatoms. The van der Waals surface area contributed by atoms with Crippen molar-refractivity contribution in [2.24, 2.45) is 11.7 Å². The third-order valence-corrected chi connectivity index (χ3v) is 6.00. The zero-order valence-corrected chi connectivity index (χ0v) is 11.9. The second-order valence-electron chi connectivity index (χ2n) is 5.13. The predicted octanol–water partition coefficient (Wildman–Crippen LogP) is -0.0383. The van der Waals surface area contributed by atoms with Crippen LogP contribution in [0.5, 0.6) is 0 Å². The molecule has 1 aliphatic rings. The van der Waals surface area contributed by atoms with E-state index in [1.165, 1.54) is 6.26 Å². The van der Waals surface area contributed by atoms with Crippen LogP contribution < -0.4 is 5.73 Å². The molecule has 1 fully saturated rings. The minimum atomic E-state index is -3.10. The Labute approximate surface area is 104 Å². The third kappa shape index (κ3) is 4.93. The van der Waals surface area contributed by atoms with Crippen LogP contribution in [0.1, 0.15) is 25.7 Å². The van der Waals surface area contributed by atoms with Crippen molar-refractivity contribution in [3.8, 4) is 0 Å². The minimum absolute atomic E-state index is 0.00167. The highest BCUT2D eigenvalue weighted by Crippen LogP contribution is 2.30. The molecule has 0 aromatic carbocycles. The summed E-state index contributed by atoms with van der Waals surface area (Å²) in [7, 11) is -6.14. The molecular formula is C10H21NO4S2. The van der Waals surface area contributed by atoms with Gasteiger partial charge in [-0.2, -0.15) is 0 Å². The second kappa shape index (κ2) is 5.24. The Balaban J connectivity index is 2.67. The van der Waals surface area contributed by atoms with Gasteiger partial charge in [-0.1, -0.05) is 6.42 Å². The van der Waals surface area contributed by atoms with Crippen LogP contribution in [-0.2, 0) is 19.7 Å². The van der Waals surface area contributed by atoms with Crippen LogP contribution in [0.2, 0.25) is 0 Å². The molecule has 1 rings (SSSR count). The molecule has 0 saturated heterocycles. The fourth-order valence-electron chi connectivity index (χ4n) is 2.44. The van der Waals surface area contributed by atoms with Crippen molar-refractivity contribution in [2.75, 3.05) is 18.3 Å². The summed E-state index contributed by atoms with van der Waals surface area (Å²) in [6.45, 7) is 0. The zero-order chi connectivity index (χ0) is 13.3. The fraction of sp³-hybridized carbons (Fsp3) is 1.00. The number of sulfone groups is 2. The van der Waals surface area contributed by atoms with Crippen LogP contribution in [0.3, 0.4) is 0 Å². The summed E-state index contributed by atoms with van der Waals surface area (Å²) in [6.07, 6.45) is 5.19. The van der Waals surface area contributed by atoms with Crippen LogP contribution in [0, 0.1) is 5.92 Å². The molecule has 5 nitrogen and oxygen atoms in total. The SMILES string of the molecule is CS(=O)(=O)CC(N)C1CCCC(S(C)(=O)=O)C1. The van der Waals surface area contributed by atoms with Gasteiger partial charge in [0.25, 0.3) is 0 Å². The van der Waals surface area contributed by atoms with Crippen molar-refractivity contribution in [1.29, 1.82) is 0 Å². The molecule has 0 bridgehead atoms. The lowest BCUT2D eigenvalue weighted by atomic mass is 9.84.